The lowest BCUT2D eigenvalue weighted by Gasteiger charge is -2.10. The van der Waals surface area contributed by atoms with E-state index >= 15 is 0 Å². The highest BCUT2D eigenvalue weighted by Gasteiger charge is 2.34. The molecule has 1 amide bonds. The summed E-state index contributed by atoms with van der Waals surface area (Å²) in [5.74, 6) is -0.557. The molecule has 0 bridgehead atoms. The first-order chi connectivity index (χ1) is 10.4. The lowest BCUT2D eigenvalue weighted by molar-refractivity contribution is -0.139. The Kier molecular flexibility index (Phi) is 4.59. The van der Waals surface area contributed by atoms with Crippen LogP contribution in [0, 0.1) is 0 Å². The summed E-state index contributed by atoms with van der Waals surface area (Å²) in [6.07, 6.45) is -0.491. The smallest absolute Gasteiger partial charge is 0.350 e. The number of pyridine rings is 2. The third kappa shape index (κ3) is 3.94. The molecule has 2 heterocycles. The Balaban J connectivity index is 2.05. The van der Waals surface area contributed by atoms with Crippen LogP contribution in [0.4, 0.5) is 13.2 Å². The van der Waals surface area contributed by atoms with E-state index in [0.29, 0.717) is 6.07 Å². The van der Waals surface area contributed by atoms with Gasteiger partial charge in [-0.25, -0.2) is 0 Å². The predicted octanol–water partition coefficient (Wildman–Crippen LogP) is 1.58. The highest BCUT2D eigenvalue weighted by Crippen LogP contribution is 2.25. The standard InChI is InChI=1S/C14H12F3N3O2/c15-14(16,17)11-2-1-7-20(13(11)22)9-12(21)19-8-10-3-5-18-6-4-10/h1-7H,8-9H2,(H,19,21). The number of carbonyl (C=O) groups is 1. The van der Waals surface area contributed by atoms with Crippen molar-refractivity contribution in [1.29, 1.82) is 0 Å². The van der Waals surface area contributed by atoms with Crippen LogP contribution in [0.15, 0.2) is 47.7 Å². The molecule has 0 radical (unpaired) electrons. The van der Waals surface area contributed by atoms with Crippen molar-refractivity contribution in [3.8, 4) is 0 Å². The zero-order chi connectivity index (χ0) is 16.2. The van der Waals surface area contributed by atoms with Crippen LogP contribution >= 0.6 is 0 Å². The Morgan fingerprint density at radius 2 is 1.91 bits per heavy atom. The van der Waals surface area contributed by atoms with Gasteiger partial charge in [0.15, 0.2) is 0 Å². The van der Waals surface area contributed by atoms with Crippen molar-refractivity contribution in [2.24, 2.45) is 0 Å². The zero-order valence-electron chi connectivity index (χ0n) is 11.3. The maximum atomic E-state index is 12.6. The van der Waals surface area contributed by atoms with Crippen LogP contribution in [-0.2, 0) is 24.1 Å². The first-order valence-corrected chi connectivity index (χ1v) is 6.30. The molecule has 2 aromatic rings. The van der Waals surface area contributed by atoms with Crippen LogP contribution < -0.4 is 10.9 Å². The molecule has 116 valence electrons. The molecule has 0 aromatic carbocycles. The number of hydrogen-bond donors (Lipinski definition) is 1. The van der Waals surface area contributed by atoms with Crippen molar-refractivity contribution in [3.63, 3.8) is 0 Å². The first-order valence-electron chi connectivity index (χ1n) is 6.30. The van der Waals surface area contributed by atoms with Gasteiger partial charge in [0, 0.05) is 25.1 Å². The number of halogens is 3. The molecule has 0 saturated heterocycles. The Hall–Kier alpha value is -2.64. The highest BCUT2D eigenvalue weighted by atomic mass is 19.4. The molecule has 0 aliphatic carbocycles. The topological polar surface area (TPSA) is 64.0 Å². The Labute approximate surface area is 123 Å². The molecule has 0 spiro atoms. The second kappa shape index (κ2) is 6.42. The van der Waals surface area contributed by atoms with E-state index in [0.717, 1.165) is 22.4 Å². The summed E-state index contributed by atoms with van der Waals surface area (Å²) in [6.45, 7) is -0.275. The van der Waals surface area contributed by atoms with Crippen molar-refractivity contribution in [2.75, 3.05) is 0 Å². The Morgan fingerprint density at radius 3 is 2.55 bits per heavy atom. The number of nitrogens with one attached hydrogen (secondary N) is 1. The monoisotopic (exact) mass is 311 g/mol. The van der Waals surface area contributed by atoms with Crippen LogP contribution in [-0.4, -0.2) is 15.5 Å². The van der Waals surface area contributed by atoms with Crippen molar-refractivity contribution in [3.05, 3.63) is 64.3 Å². The van der Waals surface area contributed by atoms with Gasteiger partial charge in [0.05, 0.1) is 0 Å². The predicted molar refractivity (Wildman–Crippen MR) is 71.8 cm³/mol. The minimum atomic E-state index is -4.74. The lowest BCUT2D eigenvalue weighted by atomic mass is 10.2. The number of alkyl halides is 3. The summed E-state index contributed by atoms with van der Waals surface area (Å²) in [4.78, 5) is 27.2. The number of nitrogens with zero attached hydrogens (tertiary/aromatic N) is 2. The molecule has 5 nitrogen and oxygen atoms in total. The molecule has 0 unspecified atom stereocenters. The van der Waals surface area contributed by atoms with Crippen LogP contribution in [0.5, 0.6) is 0 Å². The summed E-state index contributed by atoms with van der Waals surface area (Å²) in [5, 5.41) is 2.53. The Morgan fingerprint density at radius 1 is 1.23 bits per heavy atom. The van der Waals surface area contributed by atoms with E-state index in [1.54, 1.807) is 24.5 Å². The summed E-state index contributed by atoms with van der Waals surface area (Å²) < 4.78 is 38.6. The van der Waals surface area contributed by atoms with Gasteiger partial charge in [-0.1, -0.05) is 0 Å². The maximum absolute atomic E-state index is 12.6. The maximum Gasteiger partial charge on any atom is 0.421 e. The van der Waals surface area contributed by atoms with Gasteiger partial charge in [-0.05, 0) is 29.8 Å². The fourth-order valence-corrected chi connectivity index (χ4v) is 1.79. The molecule has 8 heteroatoms. The van der Waals surface area contributed by atoms with E-state index in [1.807, 2.05) is 0 Å². The zero-order valence-corrected chi connectivity index (χ0v) is 11.3. The highest BCUT2D eigenvalue weighted by molar-refractivity contribution is 5.75. The fraction of sp³-hybridized carbons (Fsp3) is 0.214. The van der Waals surface area contributed by atoms with Crippen molar-refractivity contribution >= 4 is 5.91 Å². The van der Waals surface area contributed by atoms with Gasteiger partial charge in [0.1, 0.15) is 12.1 Å². The molecule has 2 rings (SSSR count). The van der Waals surface area contributed by atoms with Crippen LogP contribution in [0.25, 0.3) is 0 Å². The first kappa shape index (κ1) is 15.7. The molecular formula is C14H12F3N3O2. The molecule has 0 aliphatic rings. The largest absolute Gasteiger partial charge is 0.421 e. The molecule has 0 aliphatic heterocycles. The number of hydrogen-bond acceptors (Lipinski definition) is 3. The van der Waals surface area contributed by atoms with E-state index in [9.17, 15) is 22.8 Å². The van der Waals surface area contributed by atoms with Crippen molar-refractivity contribution in [2.45, 2.75) is 19.3 Å². The van der Waals surface area contributed by atoms with Gasteiger partial charge in [-0.2, -0.15) is 13.2 Å². The van der Waals surface area contributed by atoms with Gasteiger partial charge < -0.3 is 9.88 Å². The molecule has 0 atom stereocenters. The minimum absolute atomic E-state index is 0.203. The number of aromatic nitrogens is 2. The lowest BCUT2D eigenvalue weighted by Crippen LogP contribution is -2.34. The second-order valence-corrected chi connectivity index (χ2v) is 4.48. The van der Waals surface area contributed by atoms with Crippen LogP contribution in [0.1, 0.15) is 11.1 Å². The molecule has 1 N–H and O–H groups in total. The van der Waals surface area contributed by atoms with E-state index in [1.165, 1.54) is 0 Å². The van der Waals surface area contributed by atoms with Gasteiger partial charge in [-0.15, -0.1) is 0 Å². The fourth-order valence-electron chi connectivity index (χ4n) is 1.79. The van der Waals surface area contributed by atoms with Crippen LogP contribution in [0.2, 0.25) is 0 Å². The van der Waals surface area contributed by atoms with Gasteiger partial charge in [0.2, 0.25) is 5.91 Å². The number of carbonyl (C=O) groups excluding carboxylic acids is 1. The van der Waals surface area contributed by atoms with E-state index in [2.05, 4.69) is 10.3 Å². The normalized spacial score (nSPS) is 11.2. The molecule has 22 heavy (non-hydrogen) atoms. The molecular weight excluding hydrogens is 299 g/mol. The van der Waals surface area contributed by atoms with E-state index < -0.39 is 29.8 Å². The van der Waals surface area contributed by atoms with Crippen LogP contribution in [0.3, 0.4) is 0 Å². The van der Waals surface area contributed by atoms with E-state index in [-0.39, 0.29) is 6.54 Å². The summed E-state index contributed by atoms with van der Waals surface area (Å²) in [6, 6.07) is 5.15. The Bertz CT molecular complexity index is 711. The third-order valence-electron chi connectivity index (χ3n) is 2.88. The average molecular weight is 311 g/mol. The van der Waals surface area contributed by atoms with Crippen molar-refractivity contribution < 1.29 is 18.0 Å². The SMILES string of the molecule is O=C(Cn1cccc(C(F)(F)F)c1=O)NCc1ccncc1. The van der Waals surface area contributed by atoms with Gasteiger partial charge in [0.25, 0.3) is 5.56 Å². The summed E-state index contributed by atoms with van der Waals surface area (Å²) in [7, 11) is 0. The van der Waals surface area contributed by atoms with Gasteiger partial charge >= 0.3 is 6.18 Å². The molecule has 0 fully saturated rings. The minimum Gasteiger partial charge on any atom is -0.350 e. The molecule has 2 aromatic heterocycles. The number of amides is 1. The quantitative estimate of drug-likeness (QED) is 0.932. The summed E-state index contributed by atoms with van der Waals surface area (Å²) >= 11 is 0. The average Bonchev–Trinajstić information content (AvgIpc) is 2.47. The second-order valence-electron chi connectivity index (χ2n) is 4.48. The van der Waals surface area contributed by atoms with Crippen molar-refractivity contribution in [1.82, 2.24) is 14.9 Å². The van der Waals surface area contributed by atoms with Gasteiger partial charge in [-0.3, -0.25) is 14.6 Å². The van der Waals surface area contributed by atoms with E-state index in [4.69, 9.17) is 0 Å². The third-order valence-corrected chi connectivity index (χ3v) is 2.88. The molecule has 0 saturated carbocycles. The number of rotatable bonds is 4. The summed E-state index contributed by atoms with van der Waals surface area (Å²) in [5.41, 5.74) is -1.74.